The van der Waals surface area contributed by atoms with Gasteiger partial charge >= 0.3 is 0 Å². The van der Waals surface area contributed by atoms with Crippen molar-refractivity contribution in [3.8, 4) is 28.7 Å². The fourth-order valence-corrected chi connectivity index (χ4v) is 5.38. The number of furan rings is 1. The summed E-state index contributed by atoms with van der Waals surface area (Å²) in [5, 5.41) is 1.81. The van der Waals surface area contributed by atoms with Crippen molar-refractivity contribution in [1.29, 1.82) is 0 Å². The smallest absolute Gasteiger partial charge is 0.205 e. The third kappa shape index (κ3) is 4.91. The zero-order chi connectivity index (χ0) is 26.9. The van der Waals surface area contributed by atoms with E-state index in [1.54, 1.807) is 19.2 Å². The van der Waals surface area contributed by atoms with Crippen molar-refractivity contribution >= 4 is 30.7 Å². The molecule has 0 aliphatic heterocycles. The monoisotopic (exact) mass is 513 g/mol. The molecule has 0 saturated carbocycles. The maximum absolute atomic E-state index is 14.3. The Morgan fingerprint density at radius 2 is 1.39 bits per heavy atom. The molecule has 0 fully saturated rings. The van der Waals surface area contributed by atoms with Crippen molar-refractivity contribution < 1.29 is 32.9 Å². The zero-order valence-corrected chi connectivity index (χ0v) is 24.2. The van der Waals surface area contributed by atoms with Crippen LogP contribution in [0.3, 0.4) is 0 Å². The number of benzene rings is 2. The first-order valence-electron chi connectivity index (χ1n) is 11.9. The number of carbonyl (C=O) groups is 1. The highest BCUT2D eigenvalue weighted by molar-refractivity contribution is 6.73. The Bertz CT molecular complexity index is 1240. The lowest BCUT2D eigenvalue weighted by Crippen LogP contribution is -2.26. The number of ether oxygens (including phenoxy) is 5. The summed E-state index contributed by atoms with van der Waals surface area (Å²) < 4.78 is 34.9. The minimum absolute atomic E-state index is 0.113. The van der Waals surface area contributed by atoms with E-state index < -0.39 is 14.2 Å². The fourth-order valence-electron chi connectivity index (χ4n) is 4.22. The van der Waals surface area contributed by atoms with Crippen LogP contribution in [0.5, 0.6) is 28.7 Å². The first kappa shape index (κ1) is 27.5. The van der Waals surface area contributed by atoms with E-state index in [0.717, 1.165) is 10.6 Å². The predicted molar refractivity (Wildman–Crippen MR) is 144 cm³/mol. The van der Waals surface area contributed by atoms with E-state index in [4.69, 9.17) is 28.1 Å². The highest BCUT2D eigenvalue weighted by atomic mass is 28.3. The van der Waals surface area contributed by atoms with Crippen LogP contribution in [0, 0.1) is 0 Å². The standard InChI is InChI=1S/C28H37O7Si/c1-15(2)34-25-19(32-8)14-20(36(10)11)21-22(27(28(3,4)5)35-26(21)25)23(29)16-12-17(30-6)24(33-9)18(13-16)31-7/h12-15H,1-11H3. The SMILES string of the molecule is COc1cc(C(=O)c2c(C(C)(C)C)oc3c(OC(C)C)c(OC)cc([Si](C)C)c23)cc(OC)c1OC. The minimum Gasteiger partial charge on any atom is -0.493 e. The van der Waals surface area contributed by atoms with E-state index in [1.165, 1.54) is 21.3 Å². The number of ketones is 1. The molecule has 195 valence electrons. The van der Waals surface area contributed by atoms with Gasteiger partial charge in [-0.2, -0.15) is 0 Å². The van der Waals surface area contributed by atoms with Gasteiger partial charge in [0.05, 0.1) is 48.9 Å². The van der Waals surface area contributed by atoms with E-state index >= 15 is 0 Å². The van der Waals surface area contributed by atoms with Gasteiger partial charge in [0.25, 0.3) is 0 Å². The van der Waals surface area contributed by atoms with Crippen LogP contribution in [-0.2, 0) is 5.41 Å². The number of rotatable bonds is 9. The first-order chi connectivity index (χ1) is 16.9. The molecule has 1 heterocycles. The van der Waals surface area contributed by atoms with E-state index in [1.807, 2.05) is 40.7 Å². The number of hydrogen-bond acceptors (Lipinski definition) is 7. The molecule has 2 aromatic carbocycles. The molecule has 1 radical (unpaired) electrons. The molecule has 1 aromatic heterocycles. The summed E-state index contributed by atoms with van der Waals surface area (Å²) in [7, 11) is 5.17. The third-order valence-corrected chi connectivity index (χ3v) is 7.30. The molecule has 0 aliphatic rings. The molecule has 0 aliphatic carbocycles. The normalized spacial score (nSPS) is 11.8. The van der Waals surface area contributed by atoms with Gasteiger partial charge in [0.2, 0.25) is 11.5 Å². The molecule has 0 N–H and O–H groups in total. The number of hydrogen-bond donors (Lipinski definition) is 0. The molecule has 3 rings (SSSR count). The molecule has 0 bridgehead atoms. The van der Waals surface area contributed by atoms with Crippen LogP contribution in [0.1, 0.15) is 56.3 Å². The molecule has 36 heavy (non-hydrogen) atoms. The Balaban J connectivity index is 2.47. The van der Waals surface area contributed by atoms with Crippen LogP contribution in [0.4, 0.5) is 0 Å². The van der Waals surface area contributed by atoms with Crippen LogP contribution < -0.4 is 28.9 Å². The topological polar surface area (TPSA) is 76.4 Å². The Kier molecular flexibility index (Phi) is 7.98. The quantitative estimate of drug-likeness (QED) is 0.267. The molecule has 0 spiro atoms. The van der Waals surface area contributed by atoms with E-state index in [-0.39, 0.29) is 11.9 Å². The van der Waals surface area contributed by atoms with Gasteiger partial charge in [-0.15, -0.1) is 0 Å². The Morgan fingerprint density at radius 3 is 1.81 bits per heavy atom. The van der Waals surface area contributed by atoms with Gasteiger partial charge < -0.3 is 28.1 Å². The Labute approximate surface area is 215 Å². The van der Waals surface area contributed by atoms with Crippen molar-refractivity contribution in [3.05, 3.63) is 35.1 Å². The molecule has 8 heteroatoms. The van der Waals surface area contributed by atoms with Crippen LogP contribution in [0.15, 0.2) is 22.6 Å². The van der Waals surface area contributed by atoms with Crippen molar-refractivity contribution in [2.45, 2.75) is 59.2 Å². The number of fused-ring (bicyclic) bond motifs is 1. The summed E-state index contributed by atoms with van der Waals surface area (Å²) in [6.07, 6.45) is -0.113. The largest absolute Gasteiger partial charge is 0.493 e. The maximum atomic E-state index is 14.3. The summed E-state index contributed by atoms with van der Waals surface area (Å²) in [5.41, 5.74) is 1.000. The molecule has 7 nitrogen and oxygen atoms in total. The predicted octanol–water partition coefficient (Wildman–Crippen LogP) is 5.74. The van der Waals surface area contributed by atoms with Crippen LogP contribution >= 0.6 is 0 Å². The van der Waals surface area contributed by atoms with Crippen molar-refractivity contribution in [1.82, 2.24) is 0 Å². The molecular weight excluding hydrogens is 476 g/mol. The fraction of sp³-hybridized carbons (Fsp3) is 0.464. The summed E-state index contributed by atoms with van der Waals surface area (Å²) in [6.45, 7) is 14.3. The van der Waals surface area contributed by atoms with Crippen LogP contribution in [0.2, 0.25) is 13.1 Å². The molecule has 3 aromatic rings. The van der Waals surface area contributed by atoms with E-state index in [2.05, 4.69) is 13.1 Å². The highest BCUT2D eigenvalue weighted by Crippen LogP contribution is 2.45. The van der Waals surface area contributed by atoms with E-state index in [0.29, 0.717) is 51.2 Å². The van der Waals surface area contributed by atoms with Crippen molar-refractivity contribution in [3.63, 3.8) is 0 Å². The second-order valence-electron chi connectivity index (χ2n) is 10.1. The number of carbonyl (C=O) groups excluding carboxylic acids is 1. The average molecular weight is 514 g/mol. The van der Waals surface area contributed by atoms with Gasteiger partial charge in [0.15, 0.2) is 28.6 Å². The van der Waals surface area contributed by atoms with Gasteiger partial charge in [-0.05, 0) is 37.2 Å². The van der Waals surface area contributed by atoms with Gasteiger partial charge in [-0.25, -0.2) is 0 Å². The minimum atomic E-state index is -1.03. The van der Waals surface area contributed by atoms with Gasteiger partial charge in [-0.3, -0.25) is 4.79 Å². The van der Waals surface area contributed by atoms with Crippen LogP contribution in [-0.4, -0.2) is 49.1 Å². The van der Waals surface area contributed by atoms with Crippen molar-refractivity contribution in [2.24, 2.45) is 0 Å². The van der Waals surface area contributed by atoms with Gasteiger partial charge in [0, 0.05) is 16.4 Å². The summed E-state index contributed by atoms with van der Waals surface area (Å²) in [4.78, 5) is 14.3. The lowest BCUT2D eigenvalue weighted by Gasteiger charge is -2.18. The maximum Gasteiger partial charge on any atom is 0.205 e. The Hall–Kier alpha value is -3.13. The lowest BCUT2D eigenvalue weighted by molar-refractivity contribution is 0.103. The van der Waals surface area contributed by atoms with Gasteiger partial charge in [0.1, 0.15) is 5.76 Å². The zero-order valence-electron chi connectivity index (χ0n) is 23.2. The average Bonchev–Trinajstić information content (AvgIpc) is 3.23. The summed E-state index contributed by atoms with van der Waals surface area (Å²) in [6, 6.07) is 5.34. The van der Waals surface area contributed by atoms with Gasteiger partial charge in [-0.1, -0.05) is 33.9 Å². The van der Waals surface area contributed by atoms with Crippen LogP contribution in [0.25, 0.3) is 11.0 Å². The molecular formula is C28H37O7Si. The molecule has 0 unspecified atom stereocenters. The number of methoxy groups -OCH3 is 4. The second kappa shape index (κ2) is 10.5. The molecule has 0 amide bonds. The highest BCUT2D eigenvalue weighted by Gasteiger charge is 2.35. The summed E-state index contributed by atoms with van der Waals surface area (Å²) >= 11 is 0. The lowest BCUT2D eigenvalue weighted by atomic mass is 9.87. The second-order valence-corrected chi connectivity index (χ2v) is 12.7. The Morgan fingerprint density at radius 1 is 0.861 bits per heavy atom. The summed E-state index contributed by atoms with van der Waals surface area (Å²) in [5.74, 6) is 2.74. The van der Waals surface area contributed by atoms with E-state index in [9.17, 15) is 4.79 Å². The molecule has 0 saturated heterocycles. The van der Waals surface area contributed by atoms with Crippen molar-refractivity contribution in [2.75, 3.05) is 28.4 Å². The third-order valence-electron chi connectivity index (χ3n) is 5.83. The molecule has 0 atom stereocenters. The first-order valence-corrected chi connectivity index (χ1v) is 14.4.